The number of halogens is 3. The molecule has 8 heteroatoms. The molecule has 4 N–H and O–H groups in total. The van der Waals surface area contributed by atoms with Crippen molar-refractivity contribution in [3.05, 3.63) is 23.8 Å². The molecule has 1 aromatic rings. The van der Waals surface area contributed by atoms with Gasteiger partial charge in [-0.05, 0) is 25.1 Å². The first kappa shape index (κ1) is 18.1. The second kappa shape index (κ2) is 8.47. The number of anilines is 2. The molecule has 0 saturated carbocycles. The Kier molecular flexibility index (Phi) is 6.97. The van der Waals surface area contributed by atoms with Crippen LogP contribution in [0.5, 0.6) is 0 Å². The topological polar surface area (TPSA) is 76.4 Å². The van der Waals surface area contributed by atoms with Gasteiger partial charge in [-0.1, -0.05) is 0 Å². The minimum Gasteiger partial charge on any atom is -0.462 e. The van der Waals surface area contributed by atoms with Gasteiger partial charge in [-0.2, -0.15) is 13.2 Å². The highest BCUT2D eigenvalue weighted by Crippen LogP contribution is 2.19. The van der Waals surface area contributed by atoms with Crippen LogP contribution >= 0.6 is 0 Å². The van der Waals surface area contributed by atoms with Gasteiger partial charge >= 0.3 is 12.1 Å². The van der Waals surface area contributed by atoms with Gasteiger partial charge in [0.05, 0.1) is 18.6 Å². The van der Waals surface area contributed by atoms with Crippen molar-refractivity contribution in [1.29, 1.82) is 0 Å². The van der Waals surface area contributed by atoms with Crippen LogP contribution in [0.2, 0.25) is 0 Å². The highest BCUT2D eigenvalue weighted by molar-refractivity contribution is 5.95. The number of rotatable bonds is 8. The van der Waals surface area contributed by atoms with Crippen LogP contribution in [0, 0.1) is 0 Å². The lowest BCUT2D eigenvalue weighted by Gasteiger charge is -2.11. The lowest BCUT2D eigenvalue weighted by atomic mass is 10.1. The molecule has 0 heterocycles. The van der Waals surface area contributed by atoms with Crippen LogP contribution in [0.15, 0.2) is 18.2 Å². The monoisotopic (exact) mass is 319 g/mol. The molecule has 1 rings (SSSR count). The van der Waals surface area contributed by atoms with Crippen molar-refractivity contribution < 1.29 is 22.7 Å². The fourth-order valence-corrected chi connectivity index (χ4v) is 1.72. The fraction of sp³-hybridized carbons (Fsp3) is 0.500. The first-order chi connectivity index (χ1) is 10.3. The number of alkyl halides is 3. The number of ether oxygens (including phenoxy) is 1. The van der Waals surface area contributed by atoms with Crippen molar-refractivity contribution in [3.63, 3.8) is 0 Å². The Hall–Kier alpha value is -1.96. The van der Waals surface area contributed by atoms with Crippen molar-refractivity contribution in [2.75, 3.05) is 37.3 Å². The number of hydrogen-bond donors (Lipinski definition) is 3. The third-order valence-corrected chi connectivity index (χ3v) is 2.76. The Bertz CT molecular complexity index is 493. The number of nitrogen functional groups attached to an aromatic ring is 1. The number of carbonyl (C=O) groups excluding carboxylic acids is 1. The SMILES string of the molecule is CCOC(=O)c1ccc(NCCNCCC(F)(F)F)cc1N. The van der Waals surface area contributed by atoms with Gasteiger partial charge in [0.1, 0.15) is 0 Å². The fourth-order valence-electron chi connectivity index (χ4n) is 1.72. The summed E-state index contributed by atoms with van der Waals surface area (Å²) in [6, 6.07) is 4.80. The predicted octanol–water partition coefficient (Wildman–Crippen LogP) is 2.40. The van der Waals surface area contributed by atoms with Gasteiger partial charge in [0.25, 0.3) is 0 Å². The average Bonchev–Trinajstić information content (AvgIpc) is 2.41. The number of hydrogen-bond acceptors (Lipinski definition) is 5. The Morgan fingerprint density at radius 1 is 1.27 bits per heavy atom. The standard InChI is InChI=1S/C14H20F3N3O2/c1-2-22-13(21)11-4-3-10(9-12(11)18)20-8-7-19-6-5-14(15,16)17/h3-4,9,19-20H,2,5-8,18H2,1H3. The third-order valence-electron chi connectivity index (χ3n) is 2.76. The van der Waals surface area contributed by atoms with Gasteiger partial charge in [0.2, 0.25) is 0 Å². The van der Waals surface area contributed by atoms with E-state index in [0.717, 1.165) is 0 Å². The van der Waals surface area contributed by atoms with Crippen LogP contribution < -0.4 is 16.4 Å². The maximum Gasteiger partial charge on any atom is 0.390 e. The van der Waals surface area contributed by atoms with E-state index in [-0.39, 0.29) is 24.4 Å². The number of benzene rings is 1. The maximum absolute atomic E-state index is 11.9. The molecule has 22 heavy (non-hydrogen) atoms. The highest BCUT2D eigenvalue weighted by Gasteiger charge is 2.25. The number of nitrogens with one attached hydrogen (secondary N) is 2. The molecule has 0 spiro atoms. The first-order valence-electron chi connectivity index (χ1n) is 6.91. The van der Waals surface area contributed by atoms with E-state index in [4.69, 9.17) is 10.5 Å². The summed E-state index contributed by atoms with van der Waals surface area (Å²) in [4.78, 5) is 11.6. The largest absolute Gasteiger partial charge is 0.462 e. The summed E-state index contributed by atoms with van der Waals surface area (Å²) in [5, 5.41) is 5.69. The van der Waals surface area contributed by atoms with Crippen molar-refractivity contribution >= 4 is 17.3 Å². The van der Waals surface area contributed by atoms with Crippen LogP contribution in [-0.4, -0.2) is 38.4 Å². The lowest BCUT2D eigenvalue weighted by Crippen LogP contribution is -2.26. The molecule has 5 nitrogen and oxygen atoms in total. The molecular formula is C14H20F3N3O2. The van der Waals surface area contributed by atoms with Crippen molar-refractivity contribution in [2.24, 2.45) is 0 Å². The van der Waals surface area contributed by atoms with E-state index in [1.165, 1.54) is 0 Å². The molecule has 0 atom stereocenters. The quantitative estimate of drug-likeness (QED) is 0.390. The van der Waals surface area contributed by atoms with Crippen molar-refractivity contribution in [3.8, 4) is 0 Å². The summed E-state index contributed by atoms with van der Waals surface area (Å²) in [7, 11) is 0. The molecule has 0 saturated heterocycles. The van der Waals surface area contributed by atoms with E-state index in [1.54, 1.807) is 25.1 Å². The van der Waals surface area contributed by atoms with Crippen LogP contribution in [0.1, 0.15) is 23.7 Å². The van der Waals surface area contributed by atoms with Crippen molar-refractivity contribution in [2.45, 2.75) is 19.5 Å². The second-order valence-electron chi connectivity index (χ2n) is 4.56. The first-order valence-corrected chi connectivity index (χ1v) is 6.91. The van der Waals surface area contributed by atoms with Crippen LogP contribution in [0.4, 0.5) is 24.5 Å². The van der Waals surface area contributed by atoms with Gasteiger partial charge < -0.3 is 21.1 Å². The molecule has 0 unspecified atom stereocenters. The number of carbonyl (C=O) groups is 1. The zero-order valence-electron chi connectivity index (χ0n) is 12.3. The normalized spacial score (nSPS) is 11.3. The molecule has 1 aromatic carbocycles. The van der Waals surface area contributed by atoms with Gasteiger partial charge in [0.15, 0.2) is 0 Å². The Morgan fingerprint density at radius 2 is 2.00 bits per heavy atom. The molecule has 0 aliphatic rings. The Morgan fingerprint density at radius 3 is 2.59 bits per heavy atom. The minimum absolute atomic E-state index is 0.116. The summed E-state index contributed by atoms with van der Waals surface area (Å²) < 4.78 is 40.6. The molecule has 0 radical (unpaired) electrons. The van der Waals surface area contributed by atoms with E-state index in [2.05, 4.69) is 10.6 Å². The molecule has 0 aliphatic carbocycles. The summed E-state index contributed by atoms with van der Waals surface area (Å²) in [5.41, 5.74) is 7.03. The van der Waals surface area contributed by atoms with E-state index in [0.29, 0.717) is 18.8 Å². The zero-order valence-corrected chi connectivity index (χ0v) is 12.3. The Balaban J connectivity index is 2.35. The molecule has 0 aromatic heterocycles. The van der Waals surface area contributed by atoms with E-state index < -0.39 is 18.6 Å². The summed E-state index contributed by atoms with van der Waals surface area (Å²) in [5.74, 6) is -0.486. The van der Waals surface area contributed by atoms with Crippen LogP contribution in [0.25, 0.3) is 0 Å². The maximum atomic E-state index is 11.9. The third kappa shape index (κ3) is 6.66. The van der Waals surface area contributed by atoms with E-state index >= 15 is 0 Å². The van der Waals surface area contributed by atoms with Crippen LogP contribution in [-0.2, 0) is 4.74 Å². The van der Waals surface area contributed by atoms with Gasteiger partial charge in [0, 0.05) is 31.0 Å². The molecule has 124 valence electrons. The second-order valence-corrected chi connectivity index (χ2v) is 4.56. The molecule has 0 amide bonds. The number of esters is 1. The Labute approximate surface area is 127 Å². The zero-order chi connectivity index (χ0) is 16.6. The predicted molar refractivity (Wildman–Crippen MR) is 78.8 cm³/mol. The van der Waals surface area contributed by atoms with E-state index in [1.807, 2.05) is 0 Å². The van der Waals surface area contributed by atoms with Gasteiger partial charge in [-0.3, -0.25) is 0 Å². The molecule has 0 aliphatic heterocycles. The van der Waals surface area contributed by atoms with Crippen molar-refractivity contribution in [1.82, 2.24) is 5.32 Å². The van der Waals surface area contributed by atoms with Gasteiger partial charge in [-0.15, -0.1) is 0 Å². The number of nitrogens with two attached hydrogens (primary N) is 1. The highest BCUT2D eigenvalue weighted by atomic mass is 19.4. The van der Waals surface area contributed by atoms with E-state index in [9.17, 15) is 18.0 Å². The minimum atomic E-state index is -4.14. The summed E-state index contributed by atoms with van der Waals surface area (Å²) in [6.45, 7) is 2.68. The van der Waals surface area contributed by atoms with Gasteiger partial charge in [-0.25, -0.2) is 4.79 Å². The average molecular weight is 319 g/mol. The summed E-state index contributed by atoms with van der Waals surface area (Å²) in [6.07, 6.45) is -4.99. The molecular weight excluding hydrogens is 299 g/mol. The lowest BCUT2D eigenvalue weighted by molar-refractivity contribution is -0.133. The summed E-state index contributed by atoms with van der Waals surface area (Å²) >= 11 is 0. The molecule has 0 bridgehead atoms. The van der Waals surface area contributed by atoms with Crippen LogP contribution in [0.3, 0.4) is 0 Å². The smallest absolute Gasteiger partial charge is 0.390 e. The molecule has 0 fully saturated rings.